The average Bonchev–Trinajstić information content (AvgIpc) is 2.43. The minimum Gasteiger partial charge on any atom is -0.394 e. The number of aliphatic hydroxyl groups excluding tert-OH is 2. The molecule has 1 heterocycles. The molecule has 41 valence electrons. The van der Waals surface area contributed by atoms with Crippen molar-refractivity contribution in [3.8, 4) is 0 Å². The summed E-state index contributed by atoms with van der Waals surface area (Å²) in [5, 5.41) is 16.4. The van der Waals surface area contributed by atoms with Crippen molar-refractivity contribution in [2.24, 2.45) is 0 Å². The highest BCUT2D eigenvalue weighted by Gasteiger charge is 2.37. The van der Waals surface area contributed by atoms with Gasteiger partial charge in [0.15, 0.2) is 0 Å². The van der Waals surface area contributed by atoms with E-state index in [4.69, 9.17) is 10.2 Å². The average molecular weight is 103 g/mol. The first-order chi connectivity index (χ1) is 3.38. The molecule has 2 unspecified atom stereocenters. The van der Waals surface area contributed by atoms with E-state index in [1.165, 1.54) is 0 Å². The van der Waals surface area contributed by atoms with Crippen LogP contribution < -0.4 is 0 Å². The third-order valence-electron chi connectivity index (χ3n) is 0.949. The van der Waals surface area contributed by atoms with Gasteiger partial charge in [-0.25, -0.2) is 0 Å². The van der Waals surface area contributed by atoms with Gasteiger partial charge in [0.05, 0.1) is 6.61 Å². The number of epoxide rings is 1. The number of aliphatic hydroxyl groups is 2. The lowest BCUT2D eigenvalue weighted by molar-refractivity contribution is 0.240. The molecule has 3 nitrogen and oxygen atoms in total. The second-order valence-electron chi connectivity index (χ2n) is 1.47. The van der Waals surface area contributed by atoms with Gasteiger partial charge in [0.1, 0.15) is 18.8 Å². The lowest BCUT2D eigenvalue weighted by Gasteiger charge is -1.77. The van der Waals surface area contributed by atoms with Crippen molar-refractivity contribution < 1.29 is 14.9 Å². The molecule has 0 saturated carbocycles. The Bertz CT molecular complexity index is 56.0. The zero-order valence-corrected chi connectivity index (χ0v) is 3.74. The predicted octanol–water partition coefficient (Wildman–Crippen LogP) is -0.720. The van der Waals surface area contributed by atoms with Crippen LogP contribution in [0.25, 0.3) is 0 Å². The summed E-state index contributed by atoms with van der Waals surface area (Å²) in [7, 11) is 0. The van der Waals surface area contributed by atoms with Crippen LogP contribution in [-0.2, 0) is 4.74 Å². The molecule has 1 aliphatic heterocycles. The molecule has 1 fully saturated rings. The standard InChI is InChI=1S/C4H7O3/c5-1-3-4(2-6)7-3/h1,3-6H,2H2. The molecular formula is C4H7O3. The molecule has 1 rings (SSSR count). The van der Waals surface area contributed by atoms with Crippen molar-refractivity contribution in [1.82, 2.24) is 0 Å². The Morgan fingerprint density at radius 1 is 1.71 bits per heavy atom. The fourth-order valence-corrected chi connectivity index (χ4v) is 0.435. The summed E-state index contributed by atoms with van der Waals surface area (Å²) < 4.78 is 4.66. The summed E-state index contributed by atoms with van der Waals surface area (Å²) in [6.45, 7) is 0.947. The lowest BCUT2D eigenvalue weighted by Crippen LogP contribution is -1.98. The van der Waals surface area contributed by atoms with Gasteiger partial charge in [-0.2, -0.15) is 0 Å². The Morgan fingerprint density at radius 2 is 2.43 bits per heavy atom. The van der Waals surface area contributed by atoms with Crippen LogP contribution in [0.2, 0.25) is 0 Å². The minimum absolute atomic E-state index is 0.00171. The topological polar surface area (TPSA) is 53.0 Å². The molecule has 0 amide bonds. The van der Waals surface area contributed by atoms with E-state index in [1.807, 2.05) is 0 Å². The fourth-order valence-electron chi connectivity index (χ4n) is 0.435. The maximum absolute atomic E-state index is 8.25. The van der Waals surface area contributed by atoms with E-state index < -0.39 is 0 Å². The number of ether oxygens (including phenoxy) is 1. The van der Waals surface area contributed by atoms with E-state index in [-0.39, 0.29) is 18.8 Å². The highest BCUT2D eigenvalue weighted by Crippen LogP contribution is 2.21. The largest absolute Gasteiger partial charge is 0.394 e. The van der Waals surface area contributed by atoms with Gasteiger partial charge in [-0.05, 0) is 0 Å². The first kappa shape index (κ1) is 5.03. The van der Waals surface area contributed by atoms with Gasteiger partial charge in [0.2, 0.25) is 0 Å². The zero-order chi connectivity index (χ0) is 5.28. The van der Waals surface area contributed by atoms with Gasteiger partial charge >= 0.3 is 0 Å². The zero-order valence-electron chi connectivity index (χ0n) is 3.74. The Labute approximate surface area is 41.5 Å². The minimum atomic E-state index is -0.204. The summed E-state index contributed by atoms with van der Waals surface area (Å²) in [6.07, 6.45) is -0.338. The van der Waals surface area contributed by atoms with E-state index in [0.29, 0.717) is 0 Å². The molecule has 7 heavy (non-hydrogen) atoms. The molecule has 0 aliphatic carbocycles. The summed E-state index contributed by atoms with van der Waals surface area (Å²) in [4.78, 5) is 0. The van der Waals surface area contributed by atoms with Crippen molar-refractivity contribution in [3.63, 3.8) is 0 Å². The Balaban J connectivity index is 2.06. The normalized spacial score (nSPS) is 38.6. The highest BCUT2D eigenvalue weighted by molar-refractivity contribution is 4.89. The molecule has 0 aromatic carbocycles. The van der Waals surface area contributed by atoms with Crippen LogP contribution >= 0.6 is 0 Å². The van der Waals surface area contributed by atoms with Crippen molar-refractivity contribution >= 4 is 0 Å². The molecule has 0 bridgehead atoms. The Hall–Kier alpha value is -0.120. The first-order valence-electron chi connectivity index (χ1n) is 2.12. The van der Waals surface area contributed by atoms with Crippen LogP contribution in [0.1, 0.15) is 0 Å². The second kappa shape index (κ2) is 1.78. The smallest absolute Gasteiger partial charge is 0.115 e. The van der Waals surface area contributed by atoms with Crippen LogP contribution in [0.3, 0.4) is 0 Å². The van der Waals surface area contributed by atoms with Crippen LogP contribution in [0.4, 0.5) is 0 Å². The molecule has 2 atom stereocenters. The molecule has 1 aliphatic rings. The van der Waals surface area contributed by atoms with E-state index in [9.17, 15) is 0 Å². The van der Waals surface area contributed by atoms with Gasteiger partial charge in [-0.3, -0.25) is 0 Å². The number of hydrogen-bond acceptors (Lipinski definition) is 3. The summed E-state index contributed by atoms with van der Waals surface area (Å²) in [5.41, 5.74) is 0. The van der Waals surface area contributed by atoms with E-state index in [0.717, 1.165) is 6.61 Å². The third-order valence-corrected chi connectivity index (χ3v) is 0.949. The number of rotatable bonds is 2. The van der Waals surface area contributed by atoms with Gasteiger partial charge < -0.3 is 14.9 Å². The maximum Gasteiger partial charge on any atom is 0.115 e. The SMILES string of the molecule is O[CH]C1OC1CO. The fraction of sp³-hybridized carbons (Fsp3) is 0.750. The van der Waals surface area contributed by atoms with Crippen molar-refractivity contribution in [1.29, 1.82) is 0 Å². The Morgan fingerprint density at radius 3 is 2.57 bits per heavy atom. The first-order valence-corrected chi connectivity index (χ1v) is 2.12. The third kappa shape index (κ3) is 0.907. The van der Waals surface area contributed by atoms with Gasteiger partial charge in [-0.1, -0.05) is 0 Å². The van der Waals surface area contributed by atoms with Crippen LogP contribution in [0.15, 0.2) is 0 Å². The maximum atomic E-state index is 8.25. The molecule has 2 N–H and O–H groups in total. The summed E-state index contributed by atoms with van der Waals surface area (Å²) in [5.74, 6) is 0. The van der Waals surface area contributed by atoms with E-state index in [1.54, 1.807) is 0 Å². The summed E-state index contributed by atoms with van der Waals surface area (Å²) >= 11 is 0. The molecule has 0 spiro atoms. The van der Waals surface area contributed by atoms with Crippen LogP contribution in [-0.4, -0.2) is 29.0 Å². The predicted molar refractivity (Wildman–Crippen MR) is 22.0 cm³/mol. The highest BCUT2D eigenvalue weighted by atomic mass is 16.6. The molecule has 3 heteroatoms. The second-order valence-corrected chi connectivity index (χ2v) is 1.47. The van der Waals surface area contributed by atoms with Crippen molar-refractivity contribution in [2.75, 3.05) is 6.61 Å². The van der Waals surface area contributed by atoms with Gasteiger partial charge in [-0.15, -0.1) is 0 Å². The Kier molecular flexibility index (Phi) is 1.27. The molecular weight excluding hydrogens is 96.0 g/mol. The summed E-state index contributed by atoms with van der Waals surface area (Å²) in [6, 6.07) is 0. The quantitative estimate of drug-likeness (QED) is 0.453. The molecule has 1 radical (unpaired) electrons. The van der Waals surface area contributed by atoms with Gasteiger partial charge in [0, 0.05) is 0 Å². The lowest BCUT2D eigenvalue weighted by atomic mass is 10.3. The van der Waals surface area contributed by atoms with Crippen LogP contribution in [0.5, 0.6) is 0 Å². The number of hydrogen-bond donors (Lipinski definition) is 2. The monoisotopic (exact) mass is 103 g/mol. The molecule has 0 aromatic rings. The van der Waals surface area contributed by atoms with Gasteiger partial charge in [0.25, 0.3) is 0 Å². The van der Waals surface area contributed by atoms with E-state index in [2.05, 4.69) is 4.74 Å². The molecule has 1 saturated heterocycles. The van der Waals surface area contributed by atoms with Crippen molar-refractivity contribution in [3.05, 3.63) is 6.61 Å². The van der Waals surface area contributed by atoms with Crippen LogP contribution in [0, 0.1) is 6.61 Å². The van der Waals surface area contributed by atoms with Crippen molar-refractivity contribution in [2.45, 2.75) is 12.2 Å². The molecule has 0 aromatic heterocycles. The van der Waals surface area contributed by atoms with E-state index >= 15 is 0 Å².